The zero-order chi connectivity index (χ0) is 16.4. The number of nitrogens with zero attached hydrogens (tertiary/aromatic N) is 4. The maximum absolute atomic E-state index is 5.91. The van der Waals surface area contributed by atoms with Crippen molar-refractivity contribution in [2.75, 3.05) is 7.05 Å². The lowest BCUT2D eigenvalue weighted by Gasteiger charge is -2.13. The number of hydrogen-bond donors (Lipinski definition) is 0. The zero-order valence-corrected chi connectivity index (χ0v) is 14.0. The monoisotopic (exact) mass is 332 g/mol. The Morgan fingerprint density at radius 2 is 1.74 bits per heavy atom. The quantitative estimate of drug-likeness (QED) is 0.710. The fourth-order valence-electron chi connectivity index (χ4n) is 2.25. The lowest BCUT2D eigenvalue weighted by molar-refractivity contribution is 0.277. The first-order valence-electron chi connectivity index (χ1n) is 7.21. The fraction of sp³-hybridized carbons (Fsp3) is 0.312. The Labute approximate surface area is 139 Å². The molecule has 1 aromatic carbocycles. The van der Waals surface area contributed by atoms with Crippen molar-refractivity contribution < 1.29 is 9.05 Å². The van der Waals surface area contributed by atoms with Gasteiger partial charge < -0.3 is 4.42 Å². The molecular formula is C16H17ClN4O2. The maximum atomic E-state index is 5.91. The Morgan fingerprint density at radius 1 is 1.04 bits per heavy atom. The van der Waals surface area contributed by atoms with Gasteiger partial charge >= 0.3 is 0 Å². The van der Waals surface area contributed by atoms with E-state index < -0.39 is 0 Å². The molecule has 0 aliphatic carbocycles. The van der Waals surface area contributed by atoms with E-state index in [4.69, 9.17) is 20.6 Å². The molecule has 23 heavy (non-hydrogen) atoms. The molecule has 2 heterocycles. The molecule has 0 saturated heterocycles. The minimum absolute atomic E-state index is 0.599. The summed E-state index contributed by atoms with van der Waals surface area (Å²) in [6, 6.07) is 7.43. The van der Waals surface area contributed by atoms with Crippen LogP contribution in [0, 0.1) is 13.8 Å². The van der Waals surface area contributed by atoms with Crippen LogP contribution < -0.4 is 0 Å². The van der Waals surface area contributed by atoms with E-state index >= 15 is 0 Å². The summed E-state index contributed by atoms with van der Waals surface area (Å²) in [7, 11) is 1.99. The molecule has 0 bridgehead atoms. The highest BCUT2D eigenvalue weighted by Crippen LogP contribution is 2.24. The highest BCUT2D eigenvalue weighted by molar-refractivity contribution is 6.30. The van der Waals surface area contributed by atoms with Gasteiger partial charge in [-0.15, -0.1) is 0 Å². The highest BCUT2D eigenvalue weighted by atomic mass is 35.5. The maximum Gasteiger partial charge on any atom is 0.226 e. The van der Waals surface area contributed by atoms with Gasteiger partial charge in [0.1, 0.15) is 17.1 Å². The van der Waals surface area contributed by atoms with Crippen LogP contribution in [0.15, 0.2) is 33.3 Å². The Kier molecular flexibility index (Phi) is 4.45. The van der Waals surface area contributed by atoms with E-state index in [0.717, 1.165) is 28.4 Å². The van der Waals surface area contributed by atoms with E-state index in [1.54, 1.807) is 0 Å². The lowest BCUT2D eigenvalue weighted by atomic mass is 10.2. The molecule has 0 atom stereocenters. The van der Waals surface area contributed by atoms with Gasteiger partial charge in [0.15, 0.2) is 0 Å². The van der Waals surface area contributed by atoms with Crippen LogP contribution in [0.4, 0.5) is 0 Å². The van der Waals surface area contributed by atoms with Gasteiger partial charge in [-0.3, -0.25) is 4.90 Å². The third-order valence-electron chi connectivity index (χ3n) is 3.57. The second kappa shape index (κ2) is 6.52. The van der Waals surface area contributed by atoms with Crippen molar-refractivity contribution >= 4 is 11.6 Å². The number of aryl methyl sites for hydroxylation is 2. The van der Waals surface area contributed by atoms with Crippen LogP contribution >= 0.6 is 11.6 Å². The number of oxazole rings is 1. The van der Waals surface area contributed by atoms with E-state index in [9.17, 15) is 0 Å². The number of halogens is 1. The van der Waals surface area contributed by atoms with Gasteiger partial charge in [0.05, 0.1) is 5.69 Å². The predicted octanol–water partition coefficient (Wildman–Crippen LogP) is 3.63. The van der Waals surface area contributed by atoms with Crippen LogP contribution in [0.25, 0.3) is 11.5 Å². The molecule has 2 aromatic heterocycles. The number of benzene rings is 1. The summed E-state index contributed by atoms with van der Waals surface area (Å²) in [5, 5.41) is 8.37. The van der Waals surface area contributed by atoms with Crippen molar-refractivity contribution in [3.63, 3.8) is 0 Å². The standard InChI is InChI=1S/C16H17ClN4O2/c1-10-14(20-23-19-10)8-21(3)9-15-11(2)22-16(18-15)12-4-6-13(17)7-5-12/h4-7H,8-9H2,1-3H3. The van der Waals surface area contributed by atoms with E-state index in [-0.39, 0.29) is 0 Å². The summed E-state index contributed by atoms with van der Waals surface area (Å²) >= 11 is 5.91. The SMILES string of the molecule is Cc1nonc1CN(C)Cc1nc(-c2ccc(Cl)cc2)oc1C. The Morgan fingerprint density at radius 3 is 2.39 bits per heavy atom. The molecule has 0 fully saturated rings. The molecule has 7 heteroatoms. The van der Waals surface area contributed by atoms with Crippen molar-refractivity contribution in [2.24, 2.45) is 0 Å². The molecule has 0 radical (unpaired) electrons. The normalized spacial score (nSPS) is 11.3. The zero-order valence-electron chi connectivity index (χ0n) is 13.2. The largest absolute Gasteiger partial charge is 0.441 e. The molecule has 0 aliphatic rings. The van der Waals surface area contributed by atoms with Crippen LogP contribution in [-0.2, 0) is 13.1 Å². The molecule has 0 aliphatic heterocycles. The van der Waals surface area contributed by atoms with E-state index in [2.05, 4.69) is 20.2 Å². The molecular weight excluding hydrogens is 316 g/mol. The van der Waals surface area contributed by atoms with Crippen molar-refractivity contribution in [2.45, 2.75) is 26.9 Å². The summed E-state index contributed by atoms with van der Waals surface area (Å²) in [4.78, 5) is 6.68. The number of rotatable bonds is 5. The van der Waals surface area contributed by atoms with Gasteiger partial charge in [0.25, 0.3) is 0 Å². The molecule has 120 valence electrons. The predicted molar refractivity (Wildman–Crippen MR) is 85.9 cm³/mol. The molecule has 3 rings (SSSR count). The molecule has 0 unspecified atom stereocenters. The summed E-state index contributed by atoms with van der Waals surface area (Å²) < 4.78 is 10.5. The van der Waals surface area contributed by atoms with Gasteiger partial charge in [-0.1, -0.05) is 21.9 Å². The summed E-state index contributed by atoms with van der Waals surface area (Å²) in [5.41, 5.74) is 3.43. The molecule has 0 amide bonds. The molecule has 0 N–H and O–H groups in total. The van der Waals surface area contributed by atoms with Crippen molar-refractivity contribution in [3.05, 3.63) is 52.1 Å². The van der Waals surface area contributed by atoms with Crippen molar-refractivity contribution in [1.29, 1.82) is 0 Å². The van der Waals surface area contributed by atoms with Crippen LogP contribution in [0.1, 0.15) is 22.8 Å². The Bertz CT molecular complexity index is 795. The first-order valence-corrected chi connectivity index (χ1v) is 7.59. The van der Waals surface area contributed by atoms with E-state index in [0.29, 0.717) is 24.0 Å². The van der Waals surface area contributed by atoms with Crippen molar-refractivity contribution in [1.82, 2.24) is 20.2 Å². The van der Waals surface area contributed by atoms with Gasteiger partial charge in [0, 0.05) is 23.7 Å². The average molecular weight is 333 g/mol. The fourth-order valence-corrected chi connectivity index (χ4v) is 2.38. The van der Waals surface area contributed by atoms with Gasteiger partial charge in [-0.25, -0.2) is 9.61 Å². The lowest BCUT2D eigenvalue weighted by Crippen LogP contribution is -2.18. The van der Waals surface area contributed by atoms with Crippen LogP contribution in [0.3, 0.4) is 0 Å². The molecule has 3 aromatic rings. The van der Waals surface area contributed by atoms with Gasteiger partial charge in [-0.2, -0.15) is 0 Å². The van der Waals surface area contributed by atoms with Gasteiger partial charge in [0.2, 0.25) is 5.89 Å². The van der Waals surface area contributed by atoms with Crippen LogP contribution in [0.5, 0.6) is 0 Å². The molecule has 0 saturated carbocycles. The van der Waals surface area contributed by atoms with Crippen LogP contribution in [-0.4, -0.2) is 27.2 Å². The number of hydrogen-bond acceptors (Lipinski definition) is 6. The topological polar surface area (TPSA) is 68.2 Å². The van der Waals surface area contributed by atoms with Crippen molar-refractivity contribution in [3.8, 4) is 11.5 Å². The van der Waals surface area contributed by atoms with E-state index in [1.165, 1.54) is 0 Å². The summed E-state index contributed by atoms with van der Waals surface area (Å²) in [6.07, 6.45) is 0. The summed E-state index contributed by atoms with van der Waals surface area (Å²) in [6.45, 7) is 5.07. The Hall–Kier alpha value is -2.18. The second-order valence-electron chi connectivity index (χ2n) is 5.50. The van der Waals surface area contributed by atoms with Gasteiger partial charge in [-0.05, 0) is 45.2 Å². The smallest absolute Gasteiger partial charge is 0.226 e. The summed E-state index contributed by atoms with van der Waals surface area (Å²) in [5.74, 6) is 1.40. The molecule has 0 spiro atoms. The minimum Gasteiger partial charge on any atom is -0.441 e. The molecule has 6 nitrogen and oxygen atoms in total. The third kappa shape index (κ3) is 3.60. The number of aromatic nitrogens is 3. The van der Waals surface area contributed by atoms with Crippen LogP contribution in [0.2, 0.25) is 5.02 Å². The second-order valence-corrected chi connectivity index (χ2v) is 5.93. The highest BCUT2D eigenvalue weighted by Gasteiger charge is 2.15. The first kappa shape index (κ1) is 15.7. The average Bonchev–Trinajstić information content (AvgIpc) is 3.07. The third-order valence-corrected chi connectivity index (χ3v) is 3.82. The van der Waals surface area contributed by atoms with E-state index in [1.807, 2.05) is 45.2 Å². The Balaban J connectivity index is 1.73. The minimum atomic E-state index is 0.599. The first-order chi connectivity index (χ1) is 11.0.